The maximum Gasteiger partial charge on any atom is 0.128 e. The number of pyridine rings is 1. The van der Waals surface area contributed by atoms with Crippen molar-refractivity contribution in [2.75, 3.05) is 18.0 Å². The topological polar surface area (TPSA) is 28.5 Å². The van der Waals surface area contributed by atoms with Gasteiger partial charge in [-0.2, -0.15) is 0 Å². The molecule has 0 N–H and O–H groups in total. The molecule has 0 bridgehead atoms. The van der Waals surface area contributed by atoms with Crippen molar-refractivity contribution in [3.8, 4) is 0 Å². The number of allylic oxidation sites excluding steroid dienone is 4. The largest absolute Gasteiger partial charge is 0.357 e. The summed E-state index contributed by atoms with van der Waals surface area (Å²) in [4.78, 5) is 11.9. The van der Waals surface area contributed by atoms with Crippen molar-refractivity contribution < 1.29 is 0 Å². The third kappa shape index (κ3) is 4.44. The van der Waals surface area contributed by atoms with Crippen molar-refractivity contribution in [2.24, 2.45) is 4.99 Å². The quantitative estimate of drug-likeness (QED) is 0.548. The van der Waals surface area contributed by atoms with E-state index in [-0.39, 0.29) is 0 Å². The van der Waals surface area contributed by atoms with E-state index < -0.39 is 0 Å². The van der Waals surface area contributed by atoms with Crippen LogP contribution in [0.3, 0.4) is 0 Å². The SMILES string of the molecule is C=C/C(C)=C(\C=C/C)/N=C(\C)c1cnc(N2CCCCC2)cc1C. The van der Waals surface area contributed by atoms with E-state index in [1.807, 2.05) is 45.2 Å². The van der Waals surface area contributed by atoms with Crippen molar-refractivity contribution in [2.45, 2.75) is 47.0 Å². The van der Waals surface area contributed by atoms with Gasteiger partial charge in [0.1, 0.15) is 5.82 Å². The van der Waals surface area contributed by atoms with Crippen molar-refractivity contribution >= 4 is 11.5 Å². The molecule has 0 aliphatic carbocycles. The molecule has 2 heterocycles. The first-order chi connectivity index (χ1) is 11.6. The molecule has 0 radical (unpaired) electrons. The van der Waals surface area contributed by atoms with E-state index in [4.69, 9.17) is 9.98 Å². The van der Waals surface area contributed by atoms with Gasteiger partial charge in [0, 0.05) is 30.6 Å². The minimum absolute atomic E-state index is 0.949. The molecular weight excluding hydrogens is 294 g/mol. The Kier molecular flexibility index (Phi) is 6.53. The van der Waals surface area contributed by atoms with E-state index in [2.05, 4.69) is 24.5 Å². The molecule has 24 heavy (non-hydrogen) atoms. The van der Waals surface area contributed by atoms with E-state index in [0.29, 0.717) is 0 Å². The molecule has 1 aliphatic rings. The molecular formula is C21H29N3. The standard InChI is InChI=1S/C21H29N3/c1-6-11-20(16(3)7-2)23-18(5)19-15-22-21(14-17(19)4)24-12-9-8-10-13-24/h6-7,11,14-15H,2,8-10,12-13H2,1,3-5H3/b11-6-,20-16+,23-18+. The highest BCUT2D eigenvalue weighted by atomic mass is 15.2. The van der Waals surface area contributed by atoms with Crippen LogP contribution in [0, 0.1) is 6.92 Å². The molecule has 3 heteroatoms. The lowest BCUT2D eigenvalue weighted by Gasteiger charge is -2.28. The second-order valence-corrected chi connectivity index (χ2v) is 6.37. The van der Waals surface area contributed by atoms with Gasteiger partial charge in [-0.25, -0.2) is 4.98 Å². The highest BCUT2D eigenvalue weighted by Crippen LogP contribution is 2.21. The van der Waals surface area contributed by atoms with E-state index in [0.717, 1.165) is 41.5 Å². The monoisotopic (exact) mass is 323 g/mol. The molecule has 0 spiro atoms. The lowest BCUT2D eigenvalue weighted by molar-refractivity contribution is 0.573. The summed E-state index contributed by atoms with van der Waals surface area (Å²) in [5, 5.41) is 0. The van der Waals surface area contributed by atoms with E-state index >= 15 is 0 Å². The number of aromatic nitrogens is 1. The number of anilines is 1. The molecule has 1 aromatic heterocycles. The summed E-state index contributed by atoms with van der Waals surface area (Å²) in [5.41, 5.74) is 5.34. The van der Waals surface area contributed by atoms with Gasteiger partial charge in [-0.3, -0.25) is 4.99 Å². The van der Waals surface area contributed by atoms with Gasteiger partial charge in [-0.1, -0.05) is 18.7 Å². The fourth-order valence-corrected chi connectivity index (χ4v) is 2.98. The predicted octanol–water partition coefficient (Wildman–Crippen LogP) is 5.23. The van der Waals surface area contributed by atoms with Crippen LogP contribution in [-0.4, -0.2) is 23.8 Å². The second-order valence-electron chi connectivity index (χ2n) is 6.37. The van der Waals surface area contributed by atoms with Gasteiger partial charge in [-0.15, -0.1) is 0 Å². The lowest BCUT2D eigenvalue weighted by atomic mass is 10.1. The summed E-state index contributed by atoms with van der Waals surface area (Å²) in [6.45, 7) is 14.3. The number of hydrogen-bond donors (Lipinski definition) is 0. The predicted molar refractivity (Wildman–Crippen MR) is 105 cm³/mol. The minimum atomic E-state index is 0.949. The first-order valence-corrected chi connectivity index (χ1v) is 8.80. The van der Waals surface area contributed by atoms with Crippen LogP contribution < -0.4 is 4.90 Å². The number of nitrogens with zero attached hydrogens (tertiary/aromatic N) is 3. The summed E-state index contributed by atoms with van der Waals surface area (Å²) in [5.74, 6) is 1.09. The third-order valence-electron chi connectivity index (χ3n) is 4.49. The molecule has 3 nitrogen and oxygen atoms in total. The fraction of sp³-hybridized carbons (Fsp3) is 0.429. The lowest BCUT2D eigenvalue weighted by Crippen LogP contribution is -2.30. The van der Waals surface area contributed by atoms with Gasteiger partial charge in [0.25, 0.3) is 0 Å². The molecule has 0 unspecified atom stereocenters. The molecule has 0 amide bonds. The van der Waals surface area contributed by atoms with E-state index in [9.17, 15) is 0 Å². The maximum atomic E-state index is 4.79. The minimum Gasteiger partial charge on any atom is -0.357 e. The molecule has 1 saturated heterocycles. The first-order valence-electron chi connectivity index (χ1n) is 8.80. The molecule has 1 aromatic rings. The summed E-state index contributed by atoms with van der Waals surface area (Å²) in [6, 6.07) is 2.19. The Balaban J connectivity index is 2.30. The average molecular weight is 323 g/mol. The van der Waals surface area contributed by atoms with Crippen molar-refractivity contribution in [3.05, 3.63) is 59.5 Å². The summed E-state index contributed by atoms with van der Waals surface area (Å²) in [6.07, 6.45) is 11.7. The second kappa shape index (κ2) is 8.62. The number of aliphatic imine (C=N–C) groups is 1. The Bertz CT molecular complexity index is 674. The van der Waals surface area contributed by atoms with Gasteiger partial charge in [0.2, 0.25) is 0 Å². The van der Waals surface area contributed by atoms with Crippen LogP contribution in [0.15, 0.2) is 53.3 Å². The molecule has 1 aliphatic heterocycles. The Morgan fingerprint density at radius 3 is 2.54 bits per heavy atom. The molecule has 0 aromatic carbocycles. The van der Waals surface area contributed by atoms with E-state index in [1.165, 1.54) is 24.8 Å². The Labute approximate surface area is 146 Å². The highest BCUT2D eigenvalue weighted by Gasteiger charge is 2.13. The van der Waals surface area contributed by atoms with Gasteiger partial charge in [-0.05, 0) is 70.2 Å². The van der Waals surface area contributed by atoms with Crippen LogP contribution in [0.2, 0.25) is 0 Å². The molecule has 0 atom stereocenters. The van der Waals surface area contributed by atoms with Gasteiger partial charge in [0.15, 0.2) is 0 Å². The van der Waals surface area contributed by atoms with Crippen LogP contribution in [0.4, 0.5) is 5.82 Å². The first kappa shape index (κ1) is 18.2. The van der Waals surface area contributed by atoms with Crippen LogP contribution in [-0.2, 0) is 0 Å². The Morgan fingerprint density at radius 1 is 1.25 bits per heavy atom. The van der Waals surface area contributed by atoms with Crippen LogP contribution in [0.5, 0.6) is 0 Å². The van der Waals surface area contributed by atoms with Crippen LogP contribution >= 0.6 is 0 Å². The zero-order chi connectivity index (χ0) is 17.5. The number of piperidine rings is 1. The van der Waals surface area contributed by atoms with Gasteiger partial charge in [0.05, 0.1) is 5.70 Å². The maximum absolute atomic E-state index is 4.79. The smallest absolute Gasteiger partial charge is 0.128 e. The van der Waals surface area contributed by atoms with Crippen molar-refractivity contribution in [3.63, 3.8) is 0 Å². The normalized spacial score (nSPS) is 17.2. The van der Waals surface area contributed by atoms with Crippen LogP contribution in [0.1, 0.15) is 51.2 Å². The number of hydrogen-bond acceptors (Lipinski definition) is 3. The summed E-state index contributed by atoms with van der Waals surface area (Å²) in [7, 11) is 0. The van der Waals surface area contributed by atoms with Crippen molar-refractivity contribution in [1.82, 2.24) is 4.98 Å². The summed E-state index contributed by atoms with van der Waals surface area (Å²) < 4.78 is 0. The Morgan fingerprint density at radius 2 is 1.96 bits per heavy atom. The fourth-order valence-electron chi connectivity index (χ4n) is 2.98. The number of aryl methyl sites for hydroxylation is 1. The molecule has 1 fully saturated rings. The molecule has 0 saturated carbocycles. The van der Waals surface area contributed by atoms with Crippen molar-refractivity contribution in [1.29, 1.82) is 0 Å². The van der Waals surface area contributed by atoms with Crippen LogP contribution in [0.25, 0.3) is 0 Å². The third-order valence-corrected chi connectivity index (χ3v) is 4.49. The van der Waals surface area contributed by atoms with E-state index in [1.54, 1.807) is 0 Å². The summed E-state index contributed by atoms with van der Waals surface area (Å²) >= 11 is 0. The average Bonchev–Trinajstić information content (AvgIpc) is 2.61. The molecule has 2 rings (SSSR count). The zero-order valence-corrected chi connectivity index (χ0v) is 15.5. The number of rotatable bonds is 5. The molecule has 128 valence electrons. The van der Waals surface area contributed by atoms with Gasteiger partial charge >= 0.3 is 0 Å². The van der Waals surface area contributed by atoms with Gasteiger partial charge < -0.3 is 4.90 Å². The zero-order valence-electron chi connectivity index (χ0n) is 15.5. The highest BCUT2D eigenvalue weighted by molar-refractivity contribution is 6.00. The Hall–Kier alpha value is -2.16.